The highest BCUT2D eigenvalue weighted by atomic mass is 79.9. The number of carbonyl (C=O) groups excluding carboxylic acids is 1. The Balaban J connectivity index is 1.80. The molecule has 3 rings (SSSR count). The predicted octanol–water partition coefficient (Wildman–Crippen LogP) is 5.70. The van der Waals surface area contributed by atoms with E-state index in [9.17, 15) is 10.1 Å². The molecule has 0 aliphatic heterocycles. The number of nitrogens with zero attached hydrogens (tertiary/aromatic N) is 1. The summed E-state index contributed by atoms with van der Waals surface area (Å²) in [6, 6.07) is 13.9. The number of hydrogen-bond donors (Lipinski definition) is 1. The summed E-state index contributed by atoms with van der Waals surface area (Å²) >= 11 is 3.54. The van der Waals surface area contributed by atoms with Crippen LogP contribution in [0.4, 0.5) is 0 Å². The first-order valence-electron chi connectivity index (χ1n) is 10.6. The highest BCUT2D eigenvalue weighted by Crippen LogP contribution is 2.35. The third kappa shape index (κ3) is 6.35. The summed E-state index contributed by atoms with van der Waals surface area (Å²) < 4.78 is 12.5. The van der Waals surface area contributed by atoms with E-state index in [1.54, 1.807) is 12.1 Å². The normalized spacial score (nSPS) is 14.2. The molecule has 1 amide bonds. The van der Waals surface area contributed by atoms with Crippen molar-refractivity contribution in [1.29, 1.82) is 5.26 Å². The standard InChI is InChI=1S/C25H27BrN2O3/c1-3-30-23-13-19(12-20(15-27)25(29)28-21-6-4-5-7-21)22(26)14-24(23)31-16-18-10-8-17(2)9-11-18/h8-14,21H,3-7,16H2,1-2H3,(H,28,29)/b20-12-. The lowest BCUT2D eigenvalue weighted by molar-refractivity contribution is -0.117. The molecular weight excluding hydrogens is 456 g/mol. The lowest BCUT2D eigenvalue weighted by Crippen LogP contribution is -2.33. The van der Waals surface area contributed by atoms with Gasteiger partial charge >= 0.3 is 0 Å². The summed E-state index contributed by atoms with van der Waals surface area (Å²) in [5.74, 6) is 0.830. The van der Waals surface area contributed by atoms with Crippen molar-refractivity contribution < 1.29 is 14.3 Å². The summed E-state index contributed by atoms with van der Waals surface area (Å²) in [5, 5.41) is 12.5. The minimum atomic E-state index is -0.334. The van der Waals surface area contributed by atoms with Gasteiger partial charge in [-0.3, -0.25) is 4.79 Å². The molecule has 0 atom stereocenters. The largest absolute Gasteiger partial charge is 0.490 e. The predicted molar refractivity (Wildman–Crippen MR) is 125 cm³/mol. The molecular formula is C25H27BrN2O3. The van der Waals surface area contributed by atoms with E-state index in [0.717, 1.165) is 35.7 Å². The Morgan fingerprint density at radius 1 is 1.19 bits per heavy atom. The molecule has 0 heterocycles. The fourth-order valence-electron chi connectivity index (χ4n) is 3.53. The van der Waals surface area contributed by atoms with Crippen LogP contribution < -0.4 is 14.8 Å². The number of carbonyl (C=O) groups is 1. The lowest BCUT2D eigenvalue weighted by Gasteiger charge is -2.15. The zero-order chi connectivity index (χ0) is 22.2. The van der Waals surface area contributed by atoms with E-state index in [1.807, 2.05) is 50.2 Å². The van der Waals surface area contributed by atoms with Crippen molar-refractivity contribution >= 4 is 27.9 Å². The van der Waals surface area contributed by atoms with Crippen LogP contribution in [-0.4, -0.2) is 18.6 Å². The Morgan fingerprint density at radius 3 is 2.52 bits per heavy atom. The van der Waals surface area contributed by atoms with Gasteiger partial charge in [-0.1, -0.05) is 58.6 Å². The van der Waals surface area contributed by atoms with Gasteiger partial charge in [0.05, 0.1) is 6.61 Å². The summed E-state index contributed by atoms with van der Waals surface area (Å²) in [5.41, 5.74) is 3.01. The second-order valence-electron chi connectivity index (χ2n) is 7.65. The first-order valence-corrected chi connectivity index (χ1v) is 11.4. The third-order valence-electron chi connectivity index (χ3n) is 5.23. The van der Waals surface area contributed by atoms with Crippen LogP contribution >= 0.6 is 15.9 Å². The molecule has 0 unspecified atom stereocenters. The van der Waals surface area contributed by atoms with Gasteiger partial charge in [0.2, 0.25) is 0 Å². The Bertz CT molecular complexity index is 987. The van der Waals surface area contributed by atoms with Crippen LogP contribution in [0.1, 0.15) is 49.3 Å². The number of nitriles is 1. The van der Waals surface area contributed by atoms with E-state index in [0.29, 0.717) is 30.3 Å². The van der Waals surface area contributed by atoms with Crippen molar-refractivity contribution in [1.82, 2.24) is 5.32 Å². The third-order valence-corrected chi connectivity index (χ3v) is 5.92. The molecule has 6 heteroatoms. The van der Waals surface area contributed by atoms with Gasteiger partial charge in [0.1, 0.15) is 18.2 Å². The van der Waals surface area contributed by atoms with Gasteiger partial charge in [-0.15, -0.1) is 0 Å². The maximum Gasteiger partial charge on any atom is 0.262 e. The first kappa shape index (κ1) is 22.9. The number of aryl methyl sites for hydroxylation is 1. The molecule has 1 fully saturated rings. The molecule has 1 saturated carbocycles. The van der Waals surface area contributed by atoms with Gasteiger partial charge in [0, 0.05) is 10.5 Å². The van der Waals surface area contributed by atoms with E-state index in [4.69, 9.17) is 9.47 Å². The molecule has 1 aliphatic carbocycles. The average molecular weight is 483 g/mol. The van der Waals surface area contributed by atoms with Crippen molar-refractivity contribution in [2.24, 2.45) is 0 Å². The van der Waals surface area contributed by atoms with Crippen molar-refractivity contribution in [2.45, 2.75) is 52.2 Å². The fraction of sp³-hybridized carbons (Fsp3) is 0.360. The smallest absolute Gasteiger partial charge is 0.262 e. The maximum absolute atomic E-state index is 12.5. The maximum atomic E-state index is 12.5. The molecule has 5 nitrogen and oxygen atoms in total. The molecule has 0 spiro atoms. The zero-order valence-electron chi connectivity index (χ0n) is 17.9. The average Bonchev–Trinajstić information content (AvgIpc) is 3.27. The number of amides is 1. The quantitative estimate of drug-likeness (QED) is 0.386. The lowest BCUT2D eigenvalue weighted by atomic mass is 10.1. The summed E-state index contributed by atoms with van der Waals surface area (Å²) in [6.07, 6.45) is 5.75. The molecule has 1 N–H and O–H groups in total. The number of halogens is 1. The van der Waals surface area contributed by atoms with E-state index in [-0.39, 0.29) is 17.5 Å². The molecule has 162 valence electrons. The van der Waals surface area contributed by atoms with Crippen LogP contribution in [0.3, 0.4) is 0 Å². The Kier molecular flexibility index (Phi) is 8.13. The minimum Gasteiger partial charge on any atom is -0.490 e. The van der Waals surface area contributed by atoms with Crippen molar-refractivity contribution in [3.8, 4) is 17.6 Å². The topological polar surface area (TPSA) is 71.3 Å². The SMILES string of the molecule is CCOc1cc(/C=C(/C#N)C(=O)NC2CCCC2)c(Br)cc1OCc1ccc(C)cc1. The zero-order valence-corrected chi connectivity index (χ0v) is 19.5. The second kappa shape index (κ2) is 11.0. The van der Waals surface area contributed by atoms with E-state index in [1.165, 1.54) is 5.56 Å². The molecule has 0 aromatic heterocycles. The molecule has 31 heavy (non-hydrogen) atoms. The highest BCUT2D eigenvalue weighted by Gasteiger charge is 2.20. The fourth-order valence-corrected chi connectivity index (χ4v) is 3.96. The van der Waals surface area contributed by atoms with Crippen LogP contribution in [-0.2, 0) is 11.4 Å². The van der Waals surface area contributed by atoms with Crippen LogP contribution in [0, 0.1) is 18.3 Å². The van der Waals surface area contributed by atoms with Gasteiger partial charge in [-0.2, -0.15) is 5.26 Å². The van der Waals surface area contributed by atoms with Crippen LogP contribution in [0.15, 0.2) is 46.4 Å². The minimum absolute atomic E-state index is 0.0726. The molecule has 0 radical (unpaired) electrons. The van der Waals surface area contributed by atoms with Gasteiger partial charge in [-0.05, 0) is 56.0 Å². The molecule has 2 aromatic rings. The number of hydrogen-bond acceptors (Lipinski definition) is 4. The highest BCUT2D eigenvalue weighted by molar-refractivity contribution is 9.10. The van der Waals surface area contributed by atoms with Crippen LogP contribution in [0.25, 0.3) is 6.08 Å². The van der Waals surface area contributed by atoms with E-state index >= 15 is 0 Å². The molecule has 0 bridgehead atoms. The van der Waals surface area contributed by atoms with Gasteiger partial charge in [0.25, 0.3) is 5.91 Å². The number of nitrogens with one attached hydrogen (secondary N) is 1. The van der Waals surface area contributed by atoms with Crippen molar-refractivity contribution in [3.63, 3.8) is 0 Å². The molecule has 2 aromatic carbocycles. The van der Waals surface area contributed by atoms with Gasteiger partial charge in [-0.25, -0.2) is 0 Å². The molecule has 1 aliphatic rings. The molecule has 0 saturated heterocycles. The van der Waals surface area contributed by atoms with Crippen molar-refractivity contribution in [2.75, 3.05) is 6.61 Å². The van der Waals surface area contributed by atoms with Gasteiger partial charge in [0.15, 0.2) is 11.5 Å². The van der Waals surface area contributed by atoms with Crippen LogP contribution in [0.5, 0.6) is 11.5 Å². The van der Waals surface area contributed by atoms with E-state index in [2.05, 4.69) is 21.2 Å². The number of rotatable bonds is 8. The Hall–Kier alpha value is -2.78. The van der Waals surface area contributed by atoms with Crippen LogP contribution in [0.2, 0.25) is 0 Å². The monoisotopic (exact) mass is 482 g/mol. The summed E-state index contributed by atoms with van der Waals surface area (Å²) in [7, 11) is 0. The van der Waals surface area contributed by atoms with Crippen molar-refractivity contribution in [3.05, 3.63) is 63.1 Å². The summed E-state index contributed by atoms with van der Waals surface area (Å²) in [4.78, 5) is 12.5. The number of benzene rings is 2. The first-order chi connectivity index (χ1) is 15.0. The summed E-state index contributed by atoms with van der Waals surface area (Å²) in [6.45, 7) is 4.83. The Morgan fingerprint density at radius 2 is 1.87 bits per heavy atom. The second-order valence-corrected chi connectivity index (χ2v) is 8.51. The van der Waals surface area contributed by atoms with Gasteiger partial charge < -0.3 is 14.8 Å². The Labute approximate surface area is 192 Å². The number of ether oxygens (including phenoxy) is 2. The van der Waals surface area contributed by atoms with E-state index < -0.39 is 0 Å².